The zero-order valence-corrected chi connectivity index (χ0v) is 8.77. The van der Waals surface area contributed by atoms with Crippen LogP contribution in [0.3, 0.4) is 0 Å². The lowest BCUT2D eigenvalue weighted by Gasteiger charge is -2.01. The summed E-state index contributed by atoms with van der Waals surface area (Å²) in [5.74, 6) is 0. The summed E-state index contributed by atoms with van der Waals surface area (Å²) in [6, 6.07) is 4.77. The molecule has 0 spiro atoms. The van der Waals surface area contributed by atoms with E-state index in [2.05, 4.69) is 25.4 Å². The van der Waals surface area contributed by atoms with E-state index < -0.39 is 14.5 Å². The van der Waals surface area contributed by atoms with Crippen molar-refractivity contribution < 1.29 is 19.1 Å². The van der Waals surface area contributed by atoms with Crippen molar-refractivity contribution in [3.8, 4) is 0 Å². The standard InChI is InChI=1S/C6H5BrNO4P/c7-5-3-1-2-4(8-5)6(9)12-13(10)11/h1-3,6,9H/p+1. The minimum atomic E-state index is -2.83. The number of aromatic nitrogens is 1. The molecule has 2 N–H and O–H groups in total. The van der Waals surface area contributed by atoms with Crippen molar-refractivity contribution in [1.82, 2.24) is 4.98 Å². The third-order valence-corrected chi connectivity index (χ3v) is 2.00. The molecule has 70 valence electrons. The molecule has 1 heterocycles. The molecule has 0 aliphatic heterocycles. The molecular formula is C6H6BrNO4P+. The maximum Gasteiger partial charge on any atom is 0.697 e. The van der Waals surface area contributed by atoms with Gasteiger partial charge in [0.2, 0.25) is 0 Å². The van der Waals surface area contributed by atoms with Gasteiger partial charge in [-0.2, -0.15) is 0 Å². The lowest BCUT2D eigenvalue weighted by molar-refractivity contribution is -0.0242. The van der Waals surface area contributed by atoms with Crippen LogP contribution in [0.15, 0.2) is 22.8 Å². The number of nitrogens with zero attached hydrogens (tertiary/aromatic N) is 1. The van der Waals surface area contributed by atoms with Crippen LogP contribution in [-0.2, 0) is 9.09 Å². The molecule has 1 aromatic rings. The molecule has 0 bridgehead atoms. The predicted molar refractivity (Wildman–Crippen MR) is 47.8 cm³/mol. The highest BCUT2D eigenvalue weighted by Crippen LogP contribution is 2.25. The van der Waals surface area contributed by atoms with Gasteiger partial charge in [-0.05, 0) is 28.1 Å². The zero-order chi connectivity index (χ0) is 9.84. The molecule has 1 rings (SSSR count). The fourth-order valence-corrected chi connectivity index (χ4v) is 1.34. The second kappa shape index (κ2) is 4.74. The summed E-state index contributed by atoms with van der Waals surface area (Å²) in [5.41, 5.74) is 0.173. The molecule has 2 unspecified atom stereocenters. The van der Waals surface area contributed by atoms with Gasteiger partial charge in [0.25, 0.3) is 6.29 Å². The van der Waals surface area contributed by atoms with Crippen molar-refractivity contribution in [1.29, 1.82) is 0 Å². The first kappa shape index (κ1) is 10.7. The Morgan fingerprint density at radius 3 is 2.85 bits per heavy atom. The third-order valence-electron chi connectivity index (χ3n) is 1.18. The van der Waals surface area contributed by atoms with Gasteiger partial charge in [0, 0.05) is 4.57 Å². The van der Waals surface area contributed by atoms with Gasteiger partial charge < -0.3 is 5.11 Å². The molecule has 0 radical (unpaired) electrons. The molecule has 5 nitrogen and oxygen atoms in total. The summed E-state index contributed by atoms with van der Waals surface area (Å²) < 4.78 is 14.9. The lowest BCUT2D eigenvalue weighted by Crippen LogP contribution is -2.00. The zero-order valence-electron chi connectivity index (χ0n) is 6.29. The molecule has 0 amide bonds. The molecular weight excluding hydrogens is 261 g/mol. The van der Waals surface area contributed by atoms with E-state index >= 15 is 0 Å². The van der Waals surface area contributed by atoms with E-state index in [-0.39, 0.29) is 5.69 Å². The molecule has 0 fully saturated rings. The largest absolute Gasteiger partial charge is 0.697 e. The van der Waals surface area contributed by atoms with Crippen LogP contribution in [0.5, 0.6) is 0 Å². The molecule has 0 aliphatic rings. The fraction of sp³-hybridized carbons (Fsp3) is 0.167. The van der Waals surface area contributed by atoms with E-state index in [0.29, 0.717) is 4.60 Å². The van der Waals surface area contributed by atoms with Gasteiger partial charge in [-0.1, -0.05) is 10.6 Å². The van der Waals surface area contributed by atoms with Crippen LogP contribution >= 0.6 is 24.2 Å². The van der Waals surface area contributed by atoms with Crippen molar-refractivity contribution >= 4 is 24.2 Å². The van der Waals surface area contributed by atoms with Gasteiger partial charge in [0.1, 0.15) is 10.3 Å². The molecule has 1 aromatic heterocycles. The van der Waals surface area contributed by atoms with Gasteiger partial charge in [-0.15, -0.1) is 4.89 Å². The first-order valence-electron chi connectivity index (χ1n) is 3.23. The van der Waals surface area contributed by atoms with Crippen LogP contribution in [0.25, 0.3) is 0 Å². The van der Waals surface area contributed by atoms with Gasteiger partial charge >= 0.3 is 8.25 Å². The Bertz CT molecular complexity index is 321. The first-order chi connectivity index (χ1) is 6.09. The summed E-state index contributed by atoms with van der Waals surface area (Å²) in [7, 11) is -2.83. The van der Waals surface area contributed by atoms with E-state index in [4.69, 9.17) is 10.00 Å². The van der Waals surface area contributed by atoms with E-state index in [0.717, 1.165) is 0 Å². The normalized spacial score (nSPS) is 13.9. The van der Waals surface area contributed by atoms with Crippen LogP contribution in [0.2, 0.25) is 0 Å². The van der Waals surface area contributed by atoms with Crippen molar-refractivity contribution in [2.24, 2.45) is 0 Å². The number of halogens is 1. The lowest BCUT2D eigenvalue weighted by atomic mass is 10.3. The number of hydrogen-bond donors (Lipinski definition) is 2. The molecule has 0 aromatic carbocycles. The van der Waals surface area contributed by atoms with Crippen LogP contribution in [0.4, 0.5) is 0 Å². The summed E-state index contributed by atoms with van der Waals surface area (Å²) >= 11 is 3.08. The first-order valence-corrected chi connectivity index (χ1v) is 5.15. The maximum absolute atomic E-state index is 10.2. The fourth-order valence-electron chi connectivity index (χ4n) is 0.701. The van der Waals surface area contributed by atoms with Crippen molar-refractivity contribution in [3.05, 3.63) is 28.5 Å². The second-order valence-electron chi connectivity index (χ2n) is 2.08. The van der Waals surface area contributed by atoms with Crippen LogP contribution in [0, 0.1) is 0 Å². The van der Waals surface area contributed by atoms with Crippen LogP contribution < -0.4 is 0 Å². The average Bonchev–Trinajstić information content (AvgIpc) is 2.03. The minimum absolute atomic E-state index is 0.173. The minimum Gasteiger partial charge on any atom is -0.359 e. The van der Waals surface area contributed by atoms with Gasteiger partial charge in [0.05, 0.1) is 0 Å². The predicted octanol–water partition coefficient (Wildman–Crippen LogP) is 1.50. The Morgan fingerprint density at radius 1 is 1.62 bits per heavy atom. The van der Waals surface area contributed by atoms with Gasteiger partial charge in [0.15, 0.2) is 0 Å². The topological polar surface area (TPSA) is 79.7 Å². The highest BCUT2D eigenvalue weighted by atomic mass is 79.9. The molecule has 0 saturated heterocycles. The molecule has 13 heavy (non-hydrogen) atoms. The summed E-state index contributed by atoms with van der Waals surface area (Å²) in [4.78, 5) is 12.2. The Balaban J connectivity index is 2.76. The Morgan fingerprint density at radius 2 is 2.31 bits per heavy atom. The Labute approximate surface area is 83.5 Å². The number of aliphatic hydroxyl groups excluding tert-OH is 1. The highest BCUT2D eigenvalue weighted by Gasteiger charge is 2.23. The van der Waals surface area contributed by atoms with Crippen molar-refractivity contribution in [2.75, 3.05) is 0 Å². The third kappa shape index (κ3) is 3.46. The average molecular weight is 267 g/mol. The SMILES string of the molecule is O=[P+](O)OC(O)c1cccc(Br)n1. The van der Waals surface area contributed by atoms with E-state index in [1.807, 2.05) is 0 Å². The maximum atomic E-state index is 10.2. The molecule has 2 atom stereocenters. The number of hydrogen-bond acceptors (Lipinski definition) is 4. The Hall–Kier alpha value is -0.390. The van der Waals surface area contributed by atoms with Gasteiger partial charge in [-0.25, -0.2) is 4.98 Å². The molecule has 7 heteroatoms. The summed E-state index contributed by atoms with van der Waals surface area (Å²) in [6.45, 7) is 0. The number of pyridine rings is 1. The van der Waals surface area contributed by atoms with E-state index in [9.17, 15) is 4.57 Å². The second-order valence-corrected chi connectivity index (χ2v) is 3.58. The van der Waals surface area contributed by atoms with Crippen molar-refractivity contribution in [3.63, 3.8) is 0 Å². The monoisotopic (exact) mass is 266 g/mol. The van der Waals surface area contributed by atoms with Crippen molar-refractivity contribution in [2.45, 2.75) is 6.29 Å². The molecule has 0 aliphatic carbocycles. The number of rotatable bonds is 3. The van der Waals surface area contributed by atoms with E-state index in [1.54, 1.807) is 12.1 Å². The van der Waals surface area contributed by atoms with Crippen LogP contribution in [-0.4, -0.2) is 15.0 Å². The van der Waals surface area contributed by atoms with Gasteiger partial charge in [-0.3, -0.25) is 0 Å². The summed E-state index contributed by atoms with van der Waals surface area (Å²) in [5, 5.41) is 9.17. The highest BCUT2D eigenvalue weighted by molar-refractivity contribution is 9.10. The number of aliphatic hydroxyl groups is 1. The molecule has 0 saturated carbocycles. The quantitative estimate of drug-likeness (QED) is 0.493. The van der Waals surface area contributed by atoms with Crippen LogP contribution in [0.1, 0.15) is 12.0 Å². The summed E-state index contributed by atoms with van der Waals surface area (Å²) in [6.07, 6.45) is -1.48. The Kier molecular flexibility index (Phi) is 3.90. The van der Waals surface area contributed by atoms with E-state index in [1.165, 1.54) is 6.07 Å². The smallest absolute Gasteiger partial charge is 0.359 e.